The number of amides is 2. The van der Waals surface area contributed by atoms with Crippen molar-refractivity contribution in [3.05, 3.63) is 53.3 Å². The first kappa shape index (κ1) is 16.8. The highest BCUT2D eigenvalue weighted by atomic mass is 16.2. The van der Waals surface area contributed by atoms with Crippen LogP contribution in [0.3, 0.4) is 0 Å². The van der Waals surface area contributed by atoms with Crippen molar-refractivity contribution in [2.24, 2.45) is 17.6 Å². The Kier molecular flexibility index (Phi) is 4.24. The minimum atomic E-state index is -0.624. The Hall–Kier alpha value is -2.67. The minimum absolute atomic E-state index is 0.113. The van der Waals surface area contributed by atoms with Crippen molar-refractivity contribution >= 4 is 11.9 Å². The minimum Gasteiger partial charge on any atom is -0.364 e. The average molecular weight is 353 g/mol. The van der Waals surface area contributed by atoms with Crippen molar-refractivity contribution in [3.8, 4) is 0 Å². The first-order valence-corrected chi connectivity index (χ1v) is 8.92. The van der Waals surface area contributed by atoms with Gasteiger partial charge in [0.1, 0.15) is 0 Å². The Morgan fingerprint density at radius 3 is 2.31 bits per heavy atom. The molecule has 2 unspecified atom stereocenters. The zero-order chi connectivity index (χ0) is 18.3. The molecule has 2 aliphatic rings. The molecule has 0 spiro atoms. The van der Waals surface area contributed by atoms with E-state index in [0.717, 1.165) is 32.7 Å². The van der Waals surface area contributed by atoms with Crippen LogP contribution in [0.25, 0.3) is 0 Å². The number of likely N-dealkylation sites (tertiary alicyclic amines) is 2. The standard InChI is InChI=1S/C19H23N5O2/c1-13-2-4-14(5-3-13)8-22-9-15-11-23(12-16(15)10-22)19(26)24-7-6-17(21-24)18(20)25/h2-7,15-16H,8-12H2,1H3,(H2,20,25). The van der Waals surface area contributed by atoms with Crippen LogP contribution in [0, 0.1) is 18.8 Å². The molecule has 2 atom stereocenters. The molecule has 7 nitrogen and oxygen atoms in total. The number of aromatic nitrogens is 2. The Balaban J connectivity index is 1.34. The molecule has 0 radical (unpaired) electrons. The fourth-order valence-electron chi connectivity index (χ4n) is 4.03. The van der Waals surface area contributed by atoms with E-state index in [1.54, 1.807) is 0 Å². The molecule has 26 heavy (non-hydrogen) atoms. The quantitative estimate of drug-likeness (QED) is 0.902. The summed E-state index contributed by atoms with van der Waals surface area (Å²) in [4.78, 5) is 28.0. The number of aryl methyl sites for hydroxylation is 1. The summed E-state index contributed by atoms with van der Waals surface area (Å²) in [5, 5.41) is 3.97. The van der Waals surface area contributed by atoms with Crippen LogP contribution < -0.4 is 5.73 Å². The van der Waals surface area contributed by atoms with E-state index >= 15 is 0 Å². The van der Waals surface area contributed by atoms with E-state index in [2.05, 4.69) is 41.2 Å². The molecular formula is C19H23N5O2. The second-order valence-corrected chi connectivity index (χ2v) is 7.40. The summed E-state index contributed by atoms with van der Waals surface area (Å²) in [6, 6.07) is 9.96. The average Bonchev–Trinajstić information content (AvgIpc) is 3.30. The Labute approximate surface area is 152 Å². The molecule has 7 heteroatoms. The van der Waals surface area contributed by atoms with Gasteiger partial charge in [-0.15, -0.1) is 0 Å². The molecule has 2 aromatic rings. The normalized spacial score (nSPS) is 22.6. The SMILES string of the molecule is Cc1ccc(CN2CC3CN(C(=O)n4ccc(C(N)=O)n4)CC3C2)cc1. The summed E-state index contributed by atoms with van der Waals surface area (Å²) >= 11 is 0. The number of benzene rings is 1. The van der Waals surface area contributed by atoms with E-state index < -0.39 is 5.91 Å². The van der Waals surface area contributed by atoms with Crippen molar-refractivity contribution < 1.29 is 9.59 Å². The van der Waals surface area contributed by atoms with Crippen molar-refractivity contribution in [2.45, 2.75) is 13.5 Å². The zero-order valence-electron chi connectivity index (χ0n) is 14.8. The summed E-state index contributed by atoms with van der Waals surface area (Å²) in [6.07, 6.45) is 1.50. The van der Waals surface area contributed by atoms with Gasteiger partial charge in [-0.05, 0) is 30.4 Å². The van der Waals surface area contributed by atoms with Gasteiger partial charge in [-0.25, -0.2) is 4.79 Å². The maximum absolute atomic E-state index is 12.6. The highest BCUT2D eigenvalue weighted by molar-refractivity contribution is 5.91. The van der Waals surface area contributed by atoms with Crippen molar-refractivity contribution in [1.29, 1.82) is 0 Å². The van der Waals surface area contributed by atoms with Crippen LogP contribution in [-0.4, -0.2) is 57.7 Å². The number of rotatable bonds is 3. The number of hydrogen-bond acceptors (Lipinski definition) is 4. The van der Waals surface area contributed by atoms with Crippen LogP contribution in [-0.2, 0) is 6.54 Å². The van der Waals surface area contributed by atoms with Gasteiger partial charge in [0.25, 0.3) is 5.91 Å². The van der Waals surface area contributed by atoms with E-state index in [0.29, 0.717) is 11.8 Å². The molecule has 0 aliphatic carbocycles. The van der Waals surface area contributed by atoms with Crippen LogP contribution in [0.5, 0.6) is 0 Å². The first-order valence-electron chi connectivity index (χ1n) is 8.92. The Morgan fingerprint density at radius 2 is 1.73 bits per heavy atom. The molecule has 1 aromatic heterocycles. The molecule has 0 bridgehead atoms. The largest absolute Gasteiger partial charge is 0.364 e. The van der Waals surface area contributed by atoms with Crippen molar-refractivity contribution in [1.82, 2.24) is 19.6 Å². The smallest absolute Gasteiger partial charge is 0.344 e. The lowest BCUT2D eigenvalue weighted by atomic mass is 10.0. The molecule has 1 aromatic carbocycles. The van der Waals surface area contributed by atoms with E-state index in [1.165, 1.54) is 28.1 Å². The van der Waals surface area contributed by atoms with E-state index in [9.17, 15) is 9.59 Å². The fourth-order valence-corrected chi connectivity index (χ4v) is 4.03. The lowest BCUT2D eigenvalue weighted by Gasteiger charge is -2.21. The first-order chi connectivity index (χ1) is 12.5. The van der Waals surface area contributed by atoms with Crippen LogP contribution in [0.15, 0.2) is 36.5 Å². The van der Waals surface area contributed by atoms with Gasteiger partial charge in [0.2, 0.25) is 0 Å². The van der Waals surface area contributed by atoms with Crippen molar-refractivity contribution in [2.75, 3.05) is 26.2 Å². The third kappa shape index (κ3) is 3.22. The fraction of sp³-hybridized carbons (Fsp3) is 0.421. The number of primary amides is 1. The molecule has 3 heterocycles. The summed E-state index contributed by atoms with van der Waals surface area (Å²) in [5.74, 6) is 0.368. The Bertz CT molecular complexity index is 815. The predicted molar refractivity (Wildman–Crippen MR) is 96.5 cm³/mol. The van der Waals surface area contributed by atoms with E-state index in [1.807, 2.05) is 4.90 Å². The van der Waals surface area contributed by atoms with Crippen LogP contribution in [0.1, 0.15) is 21.6 Å². The predicted octanol–water partition coefficient (Wildman–Crippen LogP) is 1.32. The number of fused-ring (bicyclic) bond motifs is 1. The lowest BCUT2D eigenvalue weighted by Crippen LogP contribution is -2.36. The monoisotopic (exact) mass is 353 g/mol. The molecule has 0 saturated carbocycles. The third-order valence-corrected chi connectivity index (χ3v) is 5.40. The molecule has 136 valence electrons. The van der Waals surface area contributed by atoms with Crippen LogP contribution in [0.2, 0.25) is 0 Å². The second kappa shape index (κ2) is 6.57. The molecule has 2 aliphatic heterocycles. The highest BCUT2D eigenvalue weighted by Gasteiger charge is 2.41. The van der Waals surface area contributed by atoms with Gasteiger partial charge in [-0.3, -0.25) is 9.69 Å². The zero-order valence-corrected chi connectivity index (χ0v) is 14.8. The van der Waals surface area contributed by atoms with Gasteiger partial charge in [0.15, 0.2) is 5.69 Å². The molecule has 2 fully saturated rings. The van der Waals surface area contributed by atoms with E-state index in [-0.39, 0.29) is 11.7 Å². The number of nitrogens with two attached hydrogens (primary N) is 1. The summed E-state index contributed by atoms with van der Waals surface area (Å²) in [6.45, 7) is 6.55. The number of carbonyl (C=O) groups is 2. The third-order valence-electron chi connectivity index (χ3n) is 5.40. The maximum Gasteiger partial charge on any atom is 0.344 e. The maximum atomic E-state index is 12.6. The lowest BCUT2D eigenvalue weighted by molar-refractivity contribution is 0.0995. The molecule has 2 N–H and O–H groups in total. The molecular weight excluding hydrogens is 330 g/mol. The van der Waals surface area contributed by atoms with Gasteiger partial charge in [-0.2, -0.15) is 9.78 Å². The highest BCUT2D eigenvalue weighted by Crippen LogP contribution is 2.32. The van der Waals surface area contributed by atoms with Crippen LogP contribution in [0.4, 0.5) is 4.79 Å². The topological polar surface area (TPSA) is 84.5 Å². The molecule has 2 saturated heterocycles. The van der Waals surface area contributed by atoms with Gasteiger partial charge in [-0.1, -0.05) is 29.8 Å². The van der Waals surface area contributed by atoms with Gasteiger partial charge >= 0.3 is 6.03 Å². The van der Waals surface area contributed by atoms with Gasteiger partial charge in [0.05, 0.1) is 0 Å². The van der Waals surface area contributed by atoms with Crippen molar-refractivity contribution in [3.63, 3.8) is 0 Å². The summed E-state index contributed by atoms with van der Waals surface area (Å²) in [7, 11) is 0. The number of carbonyl (C=O) groups excluding carboxylic acids is 2. The molecule has 2 amide bonds. The summed E-state index contributed by atoms with van der Waals surface area (Å²) < 4.78 is 1.21. The molecule has 4 rings (SSSR count). The number of hydrogen-bond donors (Lipinski definition) is 1. The number of nitrogens with zero attached hydrogens (tertiary/aromatic N) is 4. The van der Waals surface area contributed by atoms with Crippen LogP contribution >= 0.6 is 0 Å². The summed E-state index contributed by atoms with van der Waals surface area (Å²) in [5.41, 5.74) is 7.92. The van der Waals surface area contributed by atoms with Gasteiger partial charge in [0, 0.05) is 38.9 Å². The van der Waals surface area contributed by atoms with Gasteiger partial charge < -0.3 is 10.6 Å². The second-order valence-electron chi connectivity index (χ2n) is 7.40. The Morgan fingerprint density at radius 1 is 1.08 bits per heavy atom. The van der Waals surface area contributed by atoms with E-state index in [4.69, 9.17) is 5.73 Å².